The second-order valence-corrected chi connectivity index (χ2v) is 6.90. The van der Waals surface area contributed by atoms with Crippen LogP contribution in [0.25, 0.3) is 0 Å². The lowest BCUT2D eigenvalue weighted by Crippen LogP contribution is -2.44. The summed E-state index contributed by atoms with van der Waals surface area (Å²) in [6.07, 6.45) is -0.848. The highest BCUT2D eigenvalue weighted by molar-refractivity contribution is 5.82. The van der Waals surface area contributed by atoms with Gasteiger partial charge in [-0.3, -0.25) is 15.0 Å². The van der Waals surface area contributed by atoms with Crippen LogP contribution in [0.5, 0.6) is 5.75 Å². The standard InChI is InChI=1S/C17H22N2O7/c1-17(2,3)26-16(21)18-10-13(9-14(18)15(20)24-4)25-12-7-5-11(6-8-12)19(22)23/h5-8,13-14H,9-10H2,1-4H3/t13-,14-/m0/s1. The third-order valence-electron chi connectivity index (χ3n) is 3.71. The quantitative estimate of drug-likeness (QED) is 0.457. The van der Waals surface area contributed by atoms with Crippen molar-refractivity contribution in [2.45, 2.75) is 44.9 Å². The first-order chi connectivity index (χ1) is 12.1. The Morgan fingerprint density at radius 1 is 1.23 bits per heavy atom. The average Bonchev–Trinajstić information content (AvgIpc) is 2.97. The normalized spacial score (nSPS) is 19.8. The van der Waals surface area contributed by atoms with Gasteiger partial charge in [-0.25, -0.2) is 9.59 Å². The van der Waals surface area contributed by atoms with Gasteiger partial charge in [-0.2, -0.15) is 0 Å². The van der Waals surface area contributed by atoms with E-state index in [0.29, 0.717) is 5.75 Å². The topological polar surface area (TPSA) is 108 Å². The van der Waals surface area contributed by atoms with E-state index in [4.69, 9.17) is 14.2 Å². The van der Waals surface area contributed by atoms with E-state index in [1.54, 1.807) is 20.8 Å². The highest BCUT2D eigenvalue weighted by Crippen LogP contribution is 2.27. The van der Waals surface area contributed by atoms with Gasteiger partial charge in [-0.05, 0) is 32.9 Å². The second-order valence-electron chi connectivity index (χ2n) is 6.90. The molecule has 2 rings (SSSR count). The van der Waals surface area contributed by atoms with E-state index in [0.717, 1.165) is 0 Å². The van der Waals surface area contributed by atoms with Crippen LogP contribution < -0.4 is 4.74 Å². The minimum atomic E-state index is -0.808. The van der Waals surface area contributed by atoms with Gasteiger partial charge in [0.15, 0.2) is 0 Å². The molecule has 1 heterocycles. The maximum atomic E-state index is 12.4. The number of nitro groups is 1. The molecule has 0 unspecified atom stereocenters. The SMILES string of the molecule is COC(=O)[C@@H]1C[C@H](Oc2ccc([N+](=O)[O-])cc2)CN1C(=O)OC(C)(C)C. The van der Waals surface area contributed by atoms with E-state index in [9.17, 15) is 19.7 Å². The molecule has 1 aliphatic heterocycles. The maximum Gasteiger partial charge on any atom is 0.411 e. The molecule has 9 heteroatoms. The van der Waals surface area contributed by atoms with Crippen molar-refractivity contribution in [3.63, 3.8) is 0 Å². The summed E-state index contributed by atoms with van der Waals surface area (Å²) in [4.78, 5) is 35.9. The number of likely N-dealkylation sites (tertiary alicyclic amines) is 1. The summed E-state index contributed by atoms with van der Waals surface area (Å²) in [6.45, 7) is 5.35. The van der Waals surface area contributed by atoms with Gasteiger partial charge in [0, 0.05) is 18.6 Å². The van der Waals surface area contributed by atoms with Crippen molar-refractivity contribution in [1.29, 1.82) is 0 Å². The van der Waals surface area contributed by atoms with Crippen LogP contribution in [0.2, 0.25) is 0 Å². The van der Waals surface area contributed by atoms with E-state index >= 15 is 0 Å². The highest BCUT2D eigenvalue weighted by atomic mass is 16.6. The molecule has 1 aliphatic rings. The van der Waals surface area contributed by atoms with Crippen molar-refractivity contribution in [3.8, 4) is 5.75 Å². The Morgan fingerprint density at radius 2 is 1.85 bits per heavy atom. The first-order valence-electron chi connectivity index (χ1n) is 8.09. The van der Waals surface area contributed by atoms with Gasteiger partial charge in [0.2, 0.25) is 0 Å². The van der Waals surface area contributed by atoms with E-state index < -0.39 is 34.7 Å². The Hall–Kier alpha value is -2.84. The van der Waals surface area contributed by atoms with Gasteiger partial charge < -0.3 is 14.2 Å². The molecule has 0 saturated carbocycles. The molecule has 0 aliphatic carbocycles. The molecule has 0 radical (unpaired) electrons. The molecule has 26 heavy (non-hydrogen) atoms. The van der Waals surface area contributed by atoms with Crippen LogP contribution in [-0.4, -0.2) is 53.3 Å². The number of carbonyl (C=O) groups excluding carboxylic acids is 2. The molecule has 1 aromatic rings. The first kappa shape index (κ1) is 19.5. The number of hydrogen-bond donors (Lipinski definition) is 0. The van der Waals surface area contributed by atoms with Crippen LogP contribution in [0.4, 0.5) is 10.5 Å². The molecular formula is C17H22N2O7. The predicted octanol–water partition coefficient (Wildman–Crippen LogP) is 2.52. The number of amides is 1. The second kappa shape index (κ2) is 7.59. The molecule has 0 spiro atoms. The fourth-order valence-corrected chi connectivity index (χ4v) is 2.60. The van der Waals surface area contributed by atoms with Crippen LogP contribution in [0.3, 0.4) is 0 Å². The Bertz CT molecular complexity index is 681. The number of ether oxygens (including phenoxy) is 3. The number of nitrogens with zero attached hydrogens (tertiary/aromatic N) is 2. The fraction of sp³-hybridized carbons (Fsp3) is 0.529. The van der Waals surface area contributed by atoms with Crippen LogP contribution in [0, 0.1) is 10.1 Å². The zero-order valence-corrected chi connectivity index (χ0v) is 15.1. The van der Waals surface area contributed by atoms with Crippen LogP contribution >= 0.6 is 0 Å². The third-order valence-corrected chi connectivity index (χ3v) is 3.71. The van der Waals surface area contributed by atoms with E-state index in [-0.39, 0.29) is 18.7 Å². The molecule has 1 fully saturated rings. The first-order valence-corrected chi connectivity index (χ1v) is 8.09. The van der Waals surface area contributed by atoms with Crippen molar-refractivity contribution in [2.24, 2.45) is 0 Å². The van der Waals surface area contributed by atoms with Gasteiger partial charge in [0.1, 0.15) is 23.5 Å². The minimum absolute atomic E-state index is 0.0495. The summed E-state index contributed by atoms with van der Waals surface area (Å²) in [5, 5.41) is 10.7. The van der Waals surface area contributed by atoms with Crippen molar-refractivity contribution in [2.75, 3.05) is 13.7 Å². The van der Waals surface area contributed by atoms with Crippen molar-refractivity contribution < 1.29 is 28.7 Å². The molecule has 0 aromatic heterocycles. The number of hydrogen-bond acceptors (Lipinski definition) is 7. The van der Waals surface area contributed by atoms with Crippen molar-refractivity contribution >= 4 is 17.7 Å². The van der Waals surface area contributed by atoms with E-state index in [1.165, 1.54) is 36.3 Å². The molecule has 1 amide bonds. The number of methoxy groups -OCH3 is 1. The lowest BCUT2D eigenvalue weighted by atomic mass is 10.2. The molecule has 1 aromatic carbocycles. The van der Waals surface area contributed by atoms with Crippen LogP contribution in [0.1, 0.15) is 27.2 Å². The number of benzene rings is 1. The van der Waals surface area contributed by atoms with Gasteiger partial charge in [-0.1, -0.05) is 0 Å². The summed E-state index contributed by atoms with van der Waals surface area (Å²) in [6, 6.07) is 4.79. The third kappa shape index (κ3) is 4.84. The van der Waals surface area contributed by atoms with Gasteiger partial charge in [-0.15, -0.1) is 0 Å². The molecule has 1 saturated heterocycles. The summed E-state index contributed by atoms with van der Waals surface area (Å²) in [5.41, 5.74) is -0.749. The minimum Gasteiger partial charge on any atom is -0.488 e. The van der Waals surface area contributed by atoms with Crippen molar-refractivity contribution in [3.05, 3.63) is 34.4 Å². The summed E-state index contributed by atoms with van der Waals surface area (Å²) >= 11 is 0. The molecule has 2 atom stereocenters. The van der Waals surface area contributed by atoms with Gasteiger partial charge >= 0.3 is 12.1 Å². The van der Waals surface area contributed by atoms with Gasteiger partial charge in [0.05, 0.1) is 18.6 Å². The van der Waals surface area contributed by atoms with Gasteiger partial charge in [0.25, 0.3) is 5.69 Å². The molecule has 142 valence electrons. The Morgan fingerprint density at radius 3 is 2.35 bits per heavy atom. The maximum absolute atomic E-state index is 12.4. The predicted molar refractivity (Wildman–Crippen MR) is 90.9 cm³/mol. The summed E-state index contributed by atoms with van der Waals surface area (Å²) < 4.78 is 15.9. The molecule has 9 nitrogen and oxygen atoms in total. The largest absolute Gasteiger partial charge is 0.488 e. The lowest BCUT2D eigenvalue weighted by molar-refractivity contribution is -0.384. The number of rotatable bonds is 4. The smallest absolute Gasteiger partial charge is 0.411 e. The van der Waals surface area contributed by atoms with E-state index in [2.05, 4.69) is 0 Å². The van der Waals surface area contributed by atoms with Crippen molar-refractivity contribution in [1.82, 2.24) is 4.90 Å². The lowest BCUT2D eigenvalue weighted by Gasteiger charge is -2.27. The van der Waals surface area contributed by atoms with Crippen LogP contribution in [0.15, 0.2) is 24.3 Å². The Labute approximate surface area is 151 Å². The zero-order valence-electron chi connectivity index (χ0n) is 15.1. The number of nitro benzene ring substituents is 1. The summed E-state index contributed by atoms with van der Waals surface area (Å²) in [7, 11) is 1.25. The summed E-state index contributed by atoms with van der Waals surface area (Å²) in [5.74, 6) is -0.138. The van der Waals surface area contributed by atoms with Crippen LogP contribution in [-0.2, 0) is 14.3 Å². The number of non-ortho nitro benzene ring substituents is 1. The Balaban J connectivity index is 2.10. The van der Waals surface area contributed by atoms with E-state index in [1.807, 2.05) is 0 Å². The Kier molecular flexibility index (Phi) is 5.69. The monoisotopic (exact) mass is 366 g/mol. The molecule has 0 N–H and O–H groups in total. The average molecular weight is 366 g/mol. The number of esters is 1. The fourth-order valence-electron chi connectivity index (χ4n) is 2.60. The molecule has 0 bridgehead atoms. The molecular weight excluding hydrogens is 344 g/mol. The zero-order chi connectivity index (χ0) is 19.5. The number of carbonyl (C=O) groups is 2. The highest BCUT2D eigenvalue weighted by Gasteiger charge is 2.43.